The third kappa shape index (κ3) is 3.07. The topological polar surface area (TPSA) is 37.4 Å². The normalized spacial score (nSPS) is 21.3. The summed E-state index contributed by atoms with van der Waals surface area (Å²) >= 11 is 9.01. The summed E-state index contributed by atoms with van der Waals surface area (Å²) in [4.78, 5) is 0.359. The molecule has 1 atom stereocenters. The quantitative estimate of drug-likeness (QED) is 0.781. The average Bonchev–Trinajstić information content (AvgIpc) is 2.79. The summed E-state index contributed by atoms with van der Waals surface area (Å²) in [6, 6.07) is 6.76. The predicted octanol–water partition coefficient (Wildman–Crippen LogP) is 3.09. The molecule has 1 aliphatic heterocycles. The van der Waals surface area contributed by atoms with E-state index in [-0.39, 0.29) is 0 Å². The monoisotopic (exact) mass is 351 g/mol. The molecule has 1 aromatic carbocycles. The molecule has 3 nitrogen and oxygen atoms in total. The van der Waals surface area contributed by atoms with Crippen molar-refractivity contribution in [1.82, 2.24) is 4.31 Å². The molecule has 0 saturated carbocycles. The maximum Gasteiger partial charge on any atom is 0.243 e. The van der Waals surface area contributed by atoms with E-state index in [9.17, 15) is 8.42 Å². The summed E-state index contributed by atoms with van der Waals surface area (Å²) in [5.41, 5.74) is 0. The second-order valence-corrected chi connectivity index (χ2v) is 7.68. The molecule has 0 N–H and O–H groups in total. The van der Waals surface area contributed by atoms with Crippen LogP contribution in [0.4, 0.5) is 0 Å². The molecule has 1 fully saturated rings. The molecular formula is C12H15BrClNO2S. The summed E-state index contributed by atoms with van der Waals surface area (Å²) in [6.45, 7) is 1.19. The number of alkyl halides is 1. The highest BCUT2D eigenvalue weighted by atomic mass is 79.9. The maximum absolute atomic E-state index is 12.4. The van der Waals surface area contributed by atoms with Gasteiger partial charge in [-0.25, -0.2) is 8.42 Å². The Morgan fingerprint density at radius 3 is 2.61 bits per heavy atom. The molecule has 1 aliphatic rings. The van der Waals surface area contributed by atoms with Crippen LogP contribution in [0, 0.1) is 5.92 Å². The van der Waals surface area contributed by atoms with Crippen LogP contribution in [-0.2, 0) is 10.0 Å². The summed E-state index contributed by atoms with van der Waals surface area (Å²) in [5, 5.41) is 0. The van der Waals surface area contributed by atoms with Crippen molar-refractivity contribution in [3.8, 4) is 0 Å². The van der Waals surface area contributed by atoms with Crippen molar-refractivity contribution in [1.29, 1.82) is 0 Å². The van der Waals surface area contributed by atoms with Gasteiger partial charge in [-0.3, -0.25) is 0 Å². The molecule has 0 radical (unpaired) electrons. The third-order valence-electron chi connectivity index (χ3n) is 3.22. The number of rotatable bonds is 4. The summed E-state index contributed by atoms with van der Waals surface area (Å²) < 4.78 is 27.2. The van der Waals surface area contributed by atoms with E-state index < -0.39 is 10.0 Å². The highest BCUT2D eigenvalue weighted by Crippen LogP contribution is 2.26. The standard InChI is InChI=1S/C12H15BrClNO2S/c13-11-1-3-12(4-2-11)18(16,17)15-8-6-10(9-15)5-7-14/h1-4,10H,5-9H2. The Morgan fingerprint density at radius 1 is 1.33 bits per heavy atom. The zero-order valence-electron chi connectivity index (χ0n) is 9.85. The smallest absolute Gasteiger partial charge is 0.207 e. The van der Waals surface area contributed by atoms with Gasteiger partial charge in [0.15, 0.2) is 0 Å². The molecule has 0 aliphatic carbocycles. The zero-order chi connectivity index (χ0) is 13.2. The van der Waals surface area contributed by atoms with Crippen molar-refractivity contribution in [2.45, 2.75) is 17.7 Å². The lowest BCUT2D eigenvalue weighted by Gasteiger charge is -2.16. The first-order valence-corrected chi connectivity index (χ1v) is 8.62. The molecule has 1 unspecified atom stereocenters. The highest BCUT2D eigenvalue weighted by Gasteiger charge is 2.31. The lowest BCUT2D eigenvalue weighted by atomic mass is 10.1. The van der Waals surface area contributed by atoms with Gasteiger partial charge in [-0.15, -0.1) is 11.6 Å². The summed E-state index contributed by atoms with van der Waals surface area (Å²) in [5.74, 6) is 0.990. The molecule has 1 heterocycles. The molecule has 100 valence electrons. The fourth-order valence-corrected chi connectivity index (χ4v) is 4.26. The van der Waals surface area contributed by atoms with Gasteiger partial charge in [-0.2, -0.15) is 4.31 Å². The van der Waals surface area contributed by atoms with E-state index in [1.165, 1.54) is 0 Å². The van der Waals surface area contributed by atoms with Crippen LogP contribution in [0.15, 0.2) is 33.6 Å². The number of nitrogens with zero attached hydrogens (tertiary/aromatic N) is 1. The number of halogens is 2. The molecular weight excluding hydrogens is 338 g/mol. The van der Waals surface area contributed by atoms with Gasteiger partial charge < -0.3 is 0 Å². The Bertz CT molecular complexity index is 503. The van der Waals surface area contributed by atoms with Crippen LogP contribution in [0.1, 0.15) is 12.8 Å². The van der Waals surface area contributed by atoms with Gasteiger partial charge in [0.2, 0.25) is 10.0 Å². The number of benzene rings is 1. The molecule has 2 rings (SSSR count). The fraction of sp³-hybridized carbons (Fsp3) is 0.500. The highest BCUT2D eigenvalue weighted by molar-refractivity contribution is 9.10. The molecule has 18 heavy (non-hydrogen) atoms. The Hall–Kier alpha value is -0.100. The minimum absolute atomic E-state index is 0.359. The molecule has 0 amide bonds. The van der Waals surface area contributed by atoms with Crippen LogP contribution in [0.3, 0.4) is 0 Å². The molecule has 0 bridgehead atoms. The SMILES string of the molecule is O=S(=O)(c1ccc(Br)cc1)N1CCC(CCCl)C1. The number of sulfonamides is 1. The van der Waals surface area contributed by atoms with Gasteiger partial charge in [0, 0.05) is 23.4 Å². The van der Waals surface area contributed by atoms with Crippen LogP contribution in [-0.4, -0.2) is 31.7 Å². The van der Waals surface area contributed by atoms with Gasteiger partial charge in [-0.1, -0.05) is 15.9 Å². The van der Waals surface area contributed by atoms with E-state index in [1.54, 1.807) is 28.6 Å². The van der Waals surface area contributed by atoms with Crippen molar-refractivity contribution in [3.05, 3.63) is 28.7 Å². The first-order valence-electron chi connectivity index (χ1n) is 5.85. The van der Waals surface area contributed by atoms with E-state index in [1.807, 2.05) is 0 Å². The second kappa shape index (κ2) is 5.90. The minimum atomic E-state index is -3.34. The first-order chi connectivity index (χ1) is 8.54. The lowest BCUT2D eigenvalue weighted by Crippen LogP contribution is -2.28. The van der Waals surface area contributed by atoms with Crippen molar-refractivity contribution in [3.63, 3.8) is 0 Å². The Labute approximate surface area is 121 Å². The third-order valence-corrected chi connectivity index (χ3v) is 5.84. The van der Waals surface area contributed by atoms with Gasteiger partial charge in [0.1, 0.15) is 0 Å². The van der Waals surface area contributed by atoms with E-state index in [2.05, 4.69) is 15.9 Å². The number of hydrogen-bond donors (Lipinski definition) is 0. The Balaban J connectivity index is 2.15. The maximum atomic E-state index is 12.4. The van der Waals surface area contributed by atoms with Crippen LogP contribution in [0.25, 0.3) is 0 Å². The Morgan fingerprint density at radius 2 is 2.00 bits per heavy atom. The van der Waals surface area contributed by atoms with Crippen LogP contribution >= 0.6 is 27.5 Å². The van der Waals surface area contributed by atoms with Crippen LogP contribution in [0.2, 0.25) is 0 Å². The molecule has 1 saturated heterocycles. The molecule has 1 aromatic rings. The van der Waals surface area contributed by atoms with Gasteiger partial charge in [-0.05, 0) is 43.0 Å². The lowest BCUT2D eigenvalue weighted by molar-refractivity contribution is 0.453. The molecule has 0 aromatic heterocycles. The van der Waals surface area contributed by atoms with Crippen molar-refractivity contribution >= 4 is 37.6 Å². The van der Waals surface area contributed by atoms with E-state index in [0.29, 0.717) is 29.8 Å². The number of hydrogen-bond acceptors (Lipinski definition) is 2. The van der Waals surface area contributed by atoms with Crippen LogP contribution in [0.5, 0.6) is 0 Å². The summed E-state index contributed by atoms with van der Waals surface area (Å²) in [7, 11) is -3.34. The zero-order valence-corrected chi connectivity index (χ0v) is 13.0. The van der Waals surface area contributed by atoms with Crippen molar-refractivity contribution in [2.75, 3.05) is 19.0 Å². The van der Waals surface area contributed by atoms with Gasteiger partial charge >= 0.3 is 0 Å². The van der Waals surface area contributed by atoms with Gasteiger partial charge in [0.05, 0.1) is 4.90 Å². The minimum Gasteiger partial charge on any atom is -0.207 e. The van der Waals surface area contributed by atoms with Gasteiger partial charge in [0.25, 0.3) is 0 Å². The van der Waals surface area contributed by atoms with Crippen molar-refractivity contribution in [2.24, 2.45) is 5.92 Å². The van der Waals surface area contributed by atoms with Crippen LogP contribution < -0.4 is 0 Å². The van der Waals surface area contributed by atoms with Crippen molar-refractivity contribution < 1.29 is 8.42 Å². The Kier molecular flexibility index (Phi) is 4.69. The summed E-state index contributed by atoms with van der Waals surface area (Å²) in [6.07, 6.45) is 1.79. The van der Waals surface area contributed by atoms with E-state index in [4.69, 9.17) is 11.6 Å². The van der Waals surface area contributed by atoms with E-state index >= 15 is 0 Å². The van der Waals surface area contributed by atoms with E-state index in [0.717, 1.165) is 17.3 Å². The largest absolute Gasteiger partial charge is 0.243 e. The molecule has 0 spiro atoms. The first kappa shape index (κ1) is 14.3. The fourth-order valence-electron chi connectivity index (χ4n) is 2.16. The predicted molar refractivity (Wildman–Crippen MR) is 76.3 cm³/mol. The second-order valence-electron chi connectivity index (χ2n) is 4.45. The average molecular weight is 353 g/mol. The molecule has 6 heteroatoms.